The van der Waals surface area contributed by atoms with Crippen molar-refractivity contribution in [2.75, 3.05) is 26.2 Å². The first-order valence-electron chi connectivity index (χ1n) is 10.2. The van der Waals surface area contributed by atoms with Gasteiger partial charge in [-0.15, -0.1) is 0 Å². The smallest absolute Gasteiger partial charge is 0.272 e. The van der Waals surface area contributed by atoms with Crippen LogP contribution in [0.25, 0.3) is 0 Å². The zero-order chi connectivity index (χ0) is 18.7. The molecule has 1 aromatic rings. The Morgan fingerprint density at radius 2 is 1.80 bits per heavy atom. The first-order chi connectivity index (χ1) is 12.3. The molecule has 0 saturated carbocycles. The fraction of sp³-hybridized carbons (Fsp3) is 0.714. The van der Waals surface area contributed by atoms with Gasteiger partial charge in [-0.05, 0) is 43.9 Å². The number of rotatable bonds is 4. The van der Waals surface area contributed by atoms with Crippen molar-refractivity contribution in [3.63, 3.8) is 0 Å². The molecule has 0 aromatic carbocycles. The highest BCUT2D eigenvalue weighted by atomic mass is 16.2. The minimum Gasteiger partial charge on any atom is -0.337 e. The van der Waals surface area contributed by atoms with Crippen molar-refractivity contribution in [3.8, 4) is 0 Å². The normalized spacial score (nSPS) is 19.7. The summed E-state index contributed by atoms with van der Waals surface area (Å²) >= 11 is 0. The van der Waals surface area contributed by atoms with E-state index in [-0.39, 0.29) is 5.91 Å². The summed E-state index contributed by atoms with van der Waals surface area (Å²) in [5.41, 5.74) is 1.64. The molecule has 4 nitrogen and oxygen atoms in total. The van der Waals surface area contributed by atoms with E-state index in [1.54, 1.807) is 0 Å². The van der Waals surface area contributed by atoms with E-state index in [0.717, 1.165) is 50.6 Å². The van der Waals surface area contributed by atoms with E-state index in [4.69, 9.17) is 0 Å². The molecule has 25 heavy (non-hydrogen) atoms. The van der Waals surface area contributed by atoms with Crippen molar-refractivity contribution >= 4 is 5.91 Å². The predicted molar refractivity (Wildman–Crippen MR) is 106 cm³/mol. The number of pyridine rings is 1. The number of hydrogen-bond acceptors (Lipinski definition) is 3. The van der Waals surface area contributed by atoms with Gasteiger partial charge < -0.3 is 4.90 Å². The standard InChI is InChI=1S/C17H25N3O.2C2H6/c1-2-14-8-11-19(12-14)13-15-6-5-7-16(18-15)17(21)20-9-3-4-10-20;2*1-2/h5-7,14H,2-4,8-13H2,1H3;2*1-2H3. The highest BCUT2D eigenvalue weighted by Gasteiger charge is 2.23. The van der Waals surface area contributed by atoms with Gasteiger partial charge in [0, 0.05) is 26.2 Å². The predicted octanol–water partition coefficient (Wildman–Crippen LogP) is 4.60. The van der Waals surface area contributed by atoms with Crippen LogP contribution in [0, 0.1) is 5.92 Å². The van der Waals surface area contributed by atoms with Crippen LogP contribution in [0.1, 0.15) is 76.5 Å². The van der Waals surface area contributed by atoms with Gasteiger partial charge in [0.25, 0.3) is 5.91 Å². The molecule has 0 aliphatic carbocycles. The number of hydrogen-bond donors (Lipinski definition) is 0. The molecule has 0 bridgehead atoms. The molecular formula is C21H37N3O. The molecule has 1 amide bonds. The number of aromatic nitrogens is 1. The van der Waals surface area contributed by atoms with E-state index in [1.807, 2.05) is 50.8 Å². The van der Waals surface area contributed by atoms with Gasteiger partial charge >= 0.3 is 0 Å². The SMILES string of the molecule is CC.CC.CCC1CCN(Cc2cccc(C(=O)N3CCCC3)n2)C1. The average Bonchev–Trinajstić information content (AvgIpc) is 3.36. The Kier molecular flexibility index (Phi) is 10.4. The van der Waals surface area contributed by atoms with Crippen molar-refractivity contribution in [2.24, 2.45) is 5.92 Å². The summed E-state index contributed by atoms with van der Waals surface area (Å²) in [6.07, 6.45) is 4.80. The second-order valence-electron chi connectivity index (χ2n) is 6.31. The zero-order valence-electron chi connectivity index (χ0n) is 16.9. The van der Waals surface area contributed by atoms with Crippen LogP contribution in [-0.2, 0) is 6.54 Å². The fourth-order valence-electron chi connectivity index (χ4n) is 3.39. The van der Waals surface area contributed by atoms with Crippen molar-refractivity contribution in [2.45, 2.75) is 66.8 Å². The third kappa shape index (κ3) is 6.43. The molecule has 3 heterocycles. The molecule has 1 unspecified atom stereocenters. The molecule has 0 radical (unpaired) electrons. The average molecular weight is 348 g/mol. The number of carbonyl (C=O) groups is 1. The largest absolute Gasteiger partial charge is 0.337 e. The quantitative estimate of drug-likeness (QED) is 0.798. The summed E-state index contributed by atoms with van der Waals surface area (Å²) in [6, 6.07) is 5.86. The summed E-state index contributed by atoms with van der Waals surface area (Å²) in [7, 11) is 0. The van der Waals surface area contributed by atoms with Crippen LogP contribution in [0.5, 0.6) is 0 Å². The van der Waals surface area contributed by atoms with Gasteiger partial charge in [-0.25, -0.2) is 4.98 Å². The van der Waals surface area contributed by atoms with Crippen LogP contribution < -0.4 is 0 Å². The van der Waals surface area contributed by atoms with Crippen molar-refractivity contribution in [3.05, 3.63) is 29.6 Å². The van der Waals surface area contributed by atoms with E-state index in [0.29, 0.717) is 5.69 Å². The van der Waals surface area contributed by atoms with Crippen molar-refractivity contribution in [1.82, 2.24) is 14.8 Å². The van der Waals surface area contributed by atoms with Crippen LogP contribution in [0.3, 0.4) is 0 Å². The highest BCUT2D eigenvalue weighted by Crippen LogP contribution is 2.20. The third-order valence-corrected chi connectivity index (χ3v) is 4.75. The summed E-state index contributed by atoms with van der Waals surface area (Å²) < 4.78 is 0. The number of amides is 1. The second-order valence-corrected chi connectivity index (χ2v) is 6.31. The summed E-state index contributed by atoms with van der Waals surface area (Å²) in [6.45, 7) is 15.2. The van der Waals surface area contributed by atoms with Gasteiger partial charge in [0.15, 0.2) is 0 Å². The molecule has 0 spiro atoms. The summed E-state index contributed by atoms with van der Waals surface area (Å²) in [4.78, 5) is 21.4. The lowest BCUT2D eigenvalue weighted by Crippen LogP contribution is -2.29. The minimum absolute atomic E-state index is 0.0993. The molecule has 142 valence electrons. The third-order valence-electron chi connectivity index (χ3n) is 4.75. The van der Waals surface area contributed by atoms with E-state index >= 15 is 0 Å². The van der Waals surface area contributed by atoms with Crippen molar-refractivity contribution in [1.29, 1.82) is 0 Å². The van der Waals surface area contributed by atoms with Gasteiger partial charge in [0.1, 0.15) is 5.69 Å². The number of carbonyl (C=O) groups excluding carboxylic acids is 1. The first kappa shape index (κ1) is 21.6. The van der Waals surface area contributed by atoms with Crippen LogP contribution in [0.15, 0.2) is 18.2 Å². The molecule has 2 fully saturated rings. The second kappa shape index (κ2) is 12.0. The van der Waals surface area contributed by atoms with Crippen LogP contribution in [0.2, 0.25) is 0 Å². The molecule has 2 saturated heterocycles. The van der Waals surface area contributed by atoms with Gasteiger partial charge in [-0.1, -0.05) is 47.1 Å². The Morgan fingerprint density at radius 3 is 2.40 bits per heavy atom. The van der Waals surface area contributed by atoms with E-state index in [2.05, 4.69) is 16.8 Å². The summed E-state index contributed by atoms with van der Waals surface area (Å²) in [5, 5.41) is 0. The monoisotopic (exact) mass is 347 g/mol. The lowest BCUT2D eigenvalue weighted by atomic mass is 10.1. The molecule has 2 aliphatic rings. The first-order valence-corrected chi connectivity index (χ1v) is 10.2. The molecule has 3 rings (SSSR count). The van der Waals surface area contributed by atoms with E-state index in [9.17, 15) is 4.79 Å². The van der Waals surface area contributed by atoms with Gasteiger partial charge in [-0.3, -0.25) is 9.69 Å². The maximum absolute atomic E-state index is 12.4. The van der Waals surface area contributed by atoms with E-state index < -0.39 is 0 Å². The topological polar surface area (TPSA) is 36.4 Å². The van der Waals surface area contributed by atoms with Crippen LogP contribution in [0.4, 0.5) is 0 Å². The van der Waals surface area contributed by atoms with Crippen LogP contribution in [-0.4, -0.2) is 46.9 Å². The maximum Gasteiger partial charge on any atom is 0.272 e. The number of likely N-dealkylation sites (tertiary alicyclic amines) is 2. The summed E-state index contributed by atoms with van der Waals surface area (Å²) in [5.74, 6) is 0.932. The Morgan fingerprint density at radius 1 is 1.12 bits per heavy atom. The molecule has 2 aliphatic heterocycles. The van der Waals surface area contributed by atoms with Gasteiger partial charge in [0.05, 0.1) is 5.69 Å². The minimum atomic E-state index is 0.0993. The van der Waals surface area contributed by atoms with Crippen LogP contribution >= 0.6 is 0 Å². The molecule has 4 heteroatoms. The van der Waals surface area contributed by atoms with Gasteiger partial charge in [0.2, 0.25) is 0 Å². The molecular weight excluding hydrogens is 310 g/mol. The molecule has 0 N–H and O–H groups in total. The Hall–Kier alpha value is -1.42. The Labute approximate surface area is 154 Å². The zero-order valence-corrected chi connectivity index (χ0v) is 16.9. The lowest BCUT2D eigenvalue weighted by molar-refractivity contribution is 0.0786. The number of nitrogens with zero attached hydrogens (tertiary/aromatic N) is 3. The maximum atomic E-state index is 12.4. The molecule has 1 atom stereocenters. The highest BCUT2D eigenvalue weighted by molar-refractivity contribution is 5.92. The lowest BCUT2D eigenvalue weighted by Gasteiger charge is -2.17. The van der Waals surface area contributed by atoms with Crippen molar-refractivity contribution < 1.29 is 4.79 Å². The molecule has 1 aromatic heterocycles. The Bertz CT molecular complexity index is 498. The fourth-order valence-corrected chi connectivity index (χ4v) is 3.39. The Balaban J connectivity index is 0.000000730. The van der Waals surface area contributed by atoms with Gasteiger partial charge in [-0.2, -0.15) is 0 Å². The van der Waals surface area contributed by atoms with E-state index in [1.165, 1.54) is 19.4 Å².